The number of allylic oxidation sites excluding steroid dienone is 6. The Morgan fingerprint density at radius 1 is 0.853 bits per heavy atom. The number of hydrogen-bond donors (Lipinski definition) is 3. The highest BCUT2D eigenvalue weighted by Gasteiger charge is 2.53. The van der Waals surface area contributed by atoms with Gasteiger partial charge in [-0.25, -0.2) is 4.79 Å². The molecule has 4 aliphatic rings. The molecular weight excluding hydrogens is 875 g/mol. The quantitative estimate of drug-likeness (QED) is 0.134. The zero-order valence-electron chi connectivity index (χ0n) is 42.4. The van der Waals surface area contributed by atoms with Gasteiger partial charge in [0.1, 0.15) is 30.1 Å². The lowest BCUT2D eigenvalue weighted by atomic mass is 9.78. The average Bonchev–Trinajstić information content (AvgIpc) is 3.32. The maximum Gasteiger partial charge on any atom is 0.329 e. The lowest BCUT2D eigenvalue weighted by Gasteiger charge is -2.42. The Labute approximate surface area is 405 Å². The Bertz CT molecular complexity index is 1810. The molecule has 68 heavy (non-hydrogen) atoms. The van der Waals surface area contributed by atoms with E-state index >= 15 is 0 Å². The van der Waals surface area contributed by atoms with Crippen molar-refractivity contribution in [2.24, 2.45) is 35.5 Å². The first kappa shape index (κ1) is 57.2. The summed E-state index contributed by atoms with van der Waals surface area (Å²) in [6, 6.07) is -1.14. The van der Waals surface area contributed by atoms with Gasteiger partial charge in [0.25, 0.3) is 11.7 Å². The van der Waals surface area contributed by atoms with Gasteiger partial charge in [-0.15, -0.1) is 0 Å². The molecule has 0 spiro atoms. The van der Waals surface area contributed by atoms with Crippen LogP contribution < -0.4 is 0 Å². The van der Waals surface area contributed by atoms with Gasteiger partial charge in [-0.1, -0.05) is 71.1 Å². The topological polar surface area (TPSA) is 205 Å². The van der Waals surface area contributed by atoms with Gasteiger partial charge in [0, 0.05) is 58.5 Å². The Morgan fingerprint density at radius 2 is 1.59 bits per heavy atom. The van der Waals surface area contributed by atoms with Crippen molar-refractivity contribution in [1.82, 2.24) is 4.90 Å². The summed E-state index contributed by atoms with van der Waals surface area (Å²) >= 11 is 0. The van der Waals surface area contributed by atoms with E-state index in [1.165, 1.54) is 12.0 Å². The SMILES string of the molecule is CO[C@H]1CC2CC[C@@H](C)[C@@](O)(O2)C(=O)C(=O)N2CCCC[C@H]2C(=O)OC([C@H](C)CC2CC[C@@H](OCCO)[C@H](OC)C2)CC(=O)[C@H](C)/C=C(\C)[C@@H](O)[C@@H](OC)C(=O)[C@H](C)C[C@H](C)\C=C/C=C/C=C/1C. The fourth-order valence-corrected chi connectivity index (χ4v) is 10.5. The third-order valence-electron chi connectivity index (χ3n) is 14.9. The smallest absolute Gasteiger partial charge is 0.329 e. The number of rotatable bonds is 9. The van der Waals surface area contributed by atoms with E-state index in [1.807, 2.05) is 58.1 Å². The number of ether oxygens (including phenoxy) is 6. The minimum absolute atomic E-state index is 0.0158. The normalized spacial score (nSPS) is 39.2. The van der Waals surface area contributed by atoms with Crippen molar-refractivity contribution in [2.75, 3.05) is 41.1 Å². The number of esters is 1. The lowest BCUT2D eigenvalue weighted by Crippen LogP contribution is -2.61. The summed E-state index contributed by atoms with van der Waals surface area (Å²) in [6.45, 7) is 12.9. The third kappa shape index (κ3) is 15.3. The largest absolute Gasteiger partial charge is 0.460 e. The predicted octanol–water partition coefficient (Wildman–Crippen LogP) is 6.20. The Hall–Kier alpha value is -3.41. The molecule has 0 radical (unpaired) electrons. The maximum absolute atomic E-state index is 14.5. The molecule has 15 heteroatoms. The van der Waals surface area contributed by atoms with Crippen molar-refractivity contribution in [3.8, 4) is 0 Å². The fraction of sp³-hybridized carbons (Fsp3) is 0.755. The van der Waals surface area contributed by atoms with Crippen LogP contribution in [0.3, 0.4) is 0 Å². The molecular formula is C53H83NO14. The number of methoxy groups -OCH3 is 3. The number of nitrogens with zero attached hydrogens (tertiary/aromatic N) is 1. The molecule has 15 atom stereocenters. The monoisotopic (exact) mass is 958 g/mol. The maximum atomic E-state index is 14.5. The Kier molecular flexibility index (Phi) is 22.9. The van der Waals surface area contributed by atoms with Crippen LogP contribution in [0.15, 0.2) is 47.6 Å². The first-order valence-electron chi connectivity index (χ1n) is 25.0. The predicted molar refractivity (Wildman–Crippen MR) is 256 cm³/mol. The Morgan fingerprint density at radius 3 is 2.26 bits per heavy atom. The van der Waals surface area contributed by atoms with Gasteiger partial charge in [0.15, 0.2) is 5.78 Å². The summed E-state index contributed by atoms with van der Waals surface area (Å²) in [5, 5.41) is 32.8. The van der Waals surface area contributed by atoms with E-state index in [0.29, 0.717) is 63.4 Å². The number of ketones is 3. The minimum atomic E-state index is -2.43. The van der Waals surface area contributed by atoms with Gasteiger partial charge >= 0.3 is 5.97 Å². The van der Waals surface area contributed by atoms with Crippen LogP contribution in [0.25, 0.3) is 0 Å². The molecule has 3 heterocycles. The molecule has 2 saturated heterocycles. The number of cyclic esters (lactones) is 1. The van der Waals surface area contributed by atoms with Crippen LogP contribution in [0, 0.1) is 35.5 Å². The van der Waals surface area contributed by atoms with Crippen molar-refractivity contribution in [3.63, 3.8) is 0 Å². The molecule has 384 valence electrons. The molecule has 3 N–H and O–H groups in total. The van der Waals surface area contributed by atoms with E-state index in [0.717, 1.165) is 12.0 Å². The van der Waals surface area contributed by atoms with Crippen LogP contribution in [0.4, 0.5) is 0 Å². The second kappa shape index (κ2) is 27.3. The molecule has 0 aromatic heterocycles. The number of aliphatic hydroxyl groups is 3. The first-order chi connectivity index (χ1) is 32.3. The van der Waals surface area contributed by atoms with E-state index < -0.39 is 77.8 Å². The van der Waals surface area contributed by atoms with Crippen molar-refractivity contribution >= 4 is 29.2 Å². The van der Waals surface area contributed by atoms with Crippen molar-refractivity contribution in [3.05, 3.63) is 47.6 Å². The van der Waals surface area contributed by atoms with Crippen molar-refractivity contribution in [1.29, 1.82) is 0 Å². The molecule has 0 aromatic carbocycles. The molecule has 3 fully saturated rings. The van der Waals surface area contributed by atoms with Crippen LogP contribution in [0.1, 0.15) is 126 Å². The van der Waals surface area contributed by atoms with Gasteiger partial charge in [-0.2, -0.15) is 0 Å². The number of amides is 1. The number of fused-ring (bicyclic) bond motifs is 3. The minimum Gasteiger partial charge on any atom is -0.460 e. The number of Topliss-reactive ketones (excluding diaryl/α,β-unsaturated/α-hetero) is 3. The number of aliphatic hydroxyl groups excluding tert-OH is 2. The zero-order valence-corrected chi connectivity index (χ0v) is 42.4. The summed E-state index contributed by atoms with van der Waals surface area (Å²) in [5.74, 6) is -7.96. The van der Waals surface area contributed by atoms with Crippen molar-refractivity contribution in [2.45, 2.75) is 180 Å². The summed E-state index contributed by atoms with van der Waals surface area (Å²) in [6.07, 6.45) is 12.0. The molecule has 3 aliphatic heterocycles. The second-order valence-corrected chi connectivity index (χ2v) is 20.2. The third-order valence-corrected chi connectivity index (χ3v) is 14.9. The highest BCUT2D eigenvalue weighted by Crippen LogP contribution is 2.38. The summed E-state index contributed by atoms with van der Waals surface area (Å²) in [5.41, 5.74) is 1.26. The number of hydrogen-bond acceptors (Lipinski definition) is 14. The van der Waals surface area contributed by atoms with Crippen LogP contribution in [0.5, 0.6) is 0 Å². The highest BCUT2D eigenvalue weighted by molar-refractivity contribution is 6.39. The number of carbonyl (C=O) groups excluding carboxylic acids is 5. The van der Waals surface area contributed by atoms with E-state index in [9.17, 15) is 39.3 Å². The van der Waals surface area contributed by atoms with Gasteiger partial charge in [-0.05, 0) is 107 Å². The molecule has 2 bridgehead atoms. The summed E-state index contributed by atoms with van der Waals surface area (Å²) in [4.78, 5) is 72.1. The van der Waals surface area contributed by atoms with Crippen LogP contribution in [0.2, 0.25) is 0 Å². The number of carbonyl (C=O) groups is 5. The molecule has 1 aliphatic carbocycles. The van der Waals surface area contributed by atoms with Crippen LogP contribution >= 0.6 is 0 Å². The zero-order chi connectivity index (χ0) is 50.3. The van der Waals surface area contributed by atoms with Gasteiger partial charge < -0.3 is 48.6 Å². The molecule has 1 saturated carbocycles. The molecule has 4 rings (SSSR count). The van der Waals surface area contributed by atoms with Crippen LogP contribution in [-0.2, 0) is 52.4 Å². The molecule has 15 nitrogen and oxygen atoms in total. The van der Waals surface area contributed by atoms with Gasteiger partial charge in [0.05, 0.1) is 37.6 Å². The van der Waals surface area contributed by atoms with Gasteiger partial charge in [0.2, 0.25) is 5.79 Å². The standard InChI is InChI=1S/C53H83NO14/c1-32-16-12-11-13-17-33(2)44(63-8)30-40-21-19-38(7)53(62,68-40)50(59)51(60)54-23-15-14-18-41(54)52(61)67-45(35(4)28-39-20-22-43(66-25-24-55)46(29-39)64-9)31-42(56)34(3)27-37(6)48(58)49(65-10)47(57)36(5)26-32/h11-13,16-17,27,32,34-36,38-41,43-46,48-49,55,58,62H,14-15,18-26,28-31H2,1-10H3/b13-11+,16-12-,33-17+,37-27+/t32-,34-,35-,36-,38-,39?,40?,41+,43-,44+,45?,46-,48-,49+,53-/m1/s1. The fourth-order valence-electron chi connectivity index (χ4n) is 10.5. The van der Waals surface area contributed by atoms with E-state index in [-0.39, 0.29) is 74.1 Å². The van der Waals surface area contributed by atoms with E-state index in [1.54, 1.807) is 41.1 Å². The van der Waals surface area contributed by atoms with Crippen molar-refractivity contribution < 1.29 is 67.7 Å². The van der Waals surface area contributed by atoms with Gasteiger partial charge in [-0.3, -0.25) is 19.2 Å². The lowest BCUT2D eigenvalue weighted by molar-refractivity contribution is -0.265. The van der Waals surface area contributed by atoms with Crippen LogP contribution in [-0.4, -0.2) is 145 Å². The number of piperidine rings is 1. The molecule has 1 amide bonds. The average molecular weight is 958 g/mol. The summed E-state index contributed by atoms with van der Waals surface area (Å²) in [7, 11) is 4.58. The highest BCUT2D eigenvalue weighted by atomic mass is 16.6. The van der Waals surface area contributed by atoms with E-state index in [4.69, 9.17) is 28.4 Å². The second-order valence-electron chi connectivity index (χ2n) is 20.2. The molecule has 3 unspecified atom stereocenters. The summed E-state index contributed by atoms with van der Waals surface area (Å²) < 4.78 is 35.6. The Balaban J connectivity index is 1.70. The first-order valence-corrected chi connectivity index (χ1v) is 25.0. The molecule has 0 aromatic rings. The van der Waals surface area contributed by atoms with E-state index in [2.05, 4.69) is 0 Å².